The van der Waals surface area contributed by atoms with Crippen molar-refractivity contribution in [1.82, 2.24) is 4.90 Å². The monoisotopic (exact) mass is 286 g/mol. The summed E-state index contributed by atoms with van der Waals surface area (Å²) < 4.78 is 39.9. The molecule has 1 aliphatic rings. The number of hydrogen-bond acceptors (Lipinski definition) is 2. The molecule has 0 saturated heterocycles. The molecule has 0 aliphatic heterocycles. The van der Waals surface area contributed by atoms with Crippen LogP contribution in [0, 0.1) is 23.4 Å². The van der Waals surface area contributed by atoms with Gasteiger partial charge in [0, 0.05) is 24.2 Å². The normalized spacial score (nSPS) is 22.7. The van der Waals surface area contributed by atoms with Crippen molar-refractivity contribution in [3.63, 3.8) is 0 Å². The van der Waals surface area contributed by atoms with Crippen LogP contribution in [0.5, 0.6) is 0 Å². The highest BCUT2D eigenvalue weighted by molar-refractivity contribution is 5.20. The molecule has 0 aromatic heterocycles. The first-order valence-electron chi connectivity index (χ1n) is 7.14. The largest absolute Gasteiger partial charge is 0.330 e. The van der Waals surface area contributed by atoms with Crippen molar-refractivity contribution in [3.8, 4) is 0 Å². The molecule has 1 aromatic rings. The van der Waals surface area contributed by atoms with E-state index in [9.17, 15) is 13.2 Å². The highest BCUT2D eigenvalue weighted by Crippen LogP contribution is 2.30. The number of nitrogens with two attached hydrogens (primary N) is 1. The quantitative estimate of drug-likeness (QED) is 0.843. The van der Waals surface area contributed by atoms with Gasteiger partial charge in [-0.1, -0.05) is 13.3 Å². The van der Waals surface area contributed by atoms with Gasteiger partial charge < -0.3 is 5.73 Å². The third-order valence-corrected chi connectivity index (χ3v) is 4.26. The molecule has 1 aliphatic carbocycles. The summed E-state index contributed by atoms with van der Waals surface area (Å²) in [7, 11) is 0. The highest BCUT2D eigenvalue weighted by Gasteiger charge is 2.30. The van der Waals surface area contributed by atoms with Gasteiger partial charge in [0.1, 0.15) is 5.82 Å². The predicted molar refractivity (Wildman–Crippen MR) is 72.6 cm³/mol. The van der Waals surface area contributed by atoms with Gasteiger partial charge in [0.05, 0.1) is 0 Å². The molecule has 2 unspecified atom stereocenters. The van der Waals surface area contributed by atoms with E-state index in [4.69, 9.17) is 5.73 Å². The molecule has 0 spiro atoms. The molecule has 1 fully saturated rings. The van der Waals surface area contributed by atoms with Crippen LogP contribution in [0.3, 0.4) is 0 Å². The fraction of sp³-hybridized carbons (Fsp3) is 0.600. The number of rotatable bonds is 5. The van der Waals surface area contributed by atoms with Gasteiger partial charge in [-0.15, -0.1) is 0 Å². The minimum Gasteiger partial charge on any atom is -0.330 e. The first kappa shape index (κ1) is 15.3. The van der Waals surface area contributed by atoms with E-state index in [-0.39, 0.29) is 5.56 Å². The Morgan fingerprint density at radius 1 is 1.15 bits per heavy atom. The van der Waals surface area contributed by atoms with Crippen LogP contribution in [0.1, 0.15) is 31.7 Å². The second-order valence-corrected chi connectivity index (χ2v) is 5.41. The fourth-order valence-corrected chi connectivity index (χ4v) is 3.14. The molecule has 0 amide bonds. The van der Waals surface area contributed by atoms with Crippen molar-refractivity contribution in [3.05, 3.63) is 35.1 Å². The summed E-state index contributed by atoms with van der Waals surface area (Å²) in [6, 6.07) is 1.88. The third-order valence-electron chi connectivity index (χ3n) is 4.26. The predicted octanol–water partition coefficient (Wildman–Crippen LogP) is 3.05. The zero-order valence-electron chi connectivity index (χ0n) is 11.7. The van der Waals surface area contributed by atoms with Crippen molar-refractivity contribution < 1.29 is 13.2 Å². The van der Waals surface area contributed by atoms with Crippen LogP contribution in [0.15, 0.2) is 12.1 Å². The van der Waals surface area contributed by atoms with Gasteiger partial charge in [0.25, 0.3) is 0 Å². The third kappa shape index (κ3) is 3.15. The summed E-state index contributed by atoms with van der Waals surface area (Å²) in [6.07, 6.45) is 3.22. The van der Waals surface area contributed by atoms with Crippen LogP contribution in [-0.2, 0) is 6.54 Å². The maximum Gasteiger partial charge on any atom is 0.161 e. The topological polar surface area (TPSA) is 29.3 Å². The summed E-state index contributed by atoms with van der Waals surface area (Å²) >= 11 is 0. The molecule has 20 heavy (non-hydrogen) atoms. The second-order valence-electron chi connectivity index (χ2n) is 5.41. The number of nitrogens with zero attached hydrogens (tertiary/aromatic N) is 1. The van der Waals surface area contributed by atoms with E-state index in [0.717, 1.165) is 31.9 Å². The second kappa shape index (κ2) is 6.59. The SMILES string of the molecule is CCN(Cc1cc(F)c(F)cc1F)C1CCCC1CN. The maximum atomic E-state index is 13.7. The van der Waals surface area contributed by atoms with E-state index in [1.807, 2.05) is 6.92 Å². The Balaban J connectivity index is 2.16. The summed E-state index contributed by atoms with van der Waals surface area (Å²) in [5.41, 5.74) is 5.98. The zero-order valence-corrected chi connectivity index (χ0v) is 11.7. The molecular formula is C15H21F3N2. The van der Waals surface area contributed by atoms with Crippen LogP contribution in [-0.4, -0.2) is 24.0 Å². The Morgan fingerprint density at radius 3 is 2.50 bits per heavy atom. The molecule has 5 heteroatoms. The van der Waals surface area contributed by atoms with Gasteiger partial charge in [-0.25, -0.2) is 13.2 Å². The summed E-state index contributed by atoms with van der Waals surface area (Å²) in [5, 5.41) is 0. The van der Waals surface area contributed by atoms with E-state index in [1.165, 1.54) is 0 Å². The minimum atomic E-state index is -1.14. The molecule has 2 atom stereocenters. The average molecular weight is 286 g/mol. The summed E-state index contributed by atoms with van der Waals surface area (Å²) in [4.78, 5) is 2.11. The van der Waals surface area contributed by atoms with Crippen LogP contribution in [0.4, 0.5) is 13.2 Å². The van der Waals surface area contributed by atoms with Crippen molar-refractivity contribution in [2.45, 2.75) is 38.8 Å². The molecule has 1 saturated carbocycles. The molecule has 2 nitrogen and oxygen atoms in total. The lowest BCUT2D eigenvalue weighted by Crippen LogP contribution is -2.40. The minimum absolute atomic E-state index is 0.202. The first-order valence-corrected chi connectivity index (χ1v) is 7.14. The van der Waals surface area contributed by atoms with Gasteiger partial charge in [0.2, 0.25) is 0 Å². The van der Waals surface area contributed by atoms with E-state index in [1.54, 1.807) is 0 Å². The summed E-state index contributed by atoms with van der Waals surface area (Å²) in [6.45, 7) is 3.63. The van der Waals surface area contributed by atoms with E-state index >= 15 is 0 Å². The smallest absolute Gasteiger partial charge is 0.161 e. The Kier molecular flexibility index (Phi) is 5.05. The van der Waals surface area contributed by atoms with E-state index < -0.39 is 17.5 Å². The Labute approximate surface area is 117 Å². The van der Waals surface area contributed by atoms with Crippen LogP contribution in [0.2, 0.25) is 0 Å². The number of halogens is 3. The molecule has 2 rings (SSSR count). The summed E-state index contributed by atoms with van der Waals surface area (Å²) in [5.74, 6) is -2.43. The van der Waals surface area contributed by atoms with E-state index in [0.29, 0.717) is 31.1 Å². The number of hydrogen-bond donors (Lipinski definition) is 1. The molecule has 2 N–H and O–H groups in total. The molecular weight excluding hydrogens is 265 g/mol. The van der Waals surface area contributed by atoms with Gasteiger partial charge in [-0.05, 0) is 37.9 Å². The Bertz CT molecular complexity index is 465. The lowest BCUT2D eigenvalue weighted by atomic mass is 10.0. The maximum absolute atomic E-state index is 13.7. The molecule has 0 heterocycles. The molecule has 1 aromatic carbocycles. The van der Waals surface area contributed by atoms with Gasteiger partial charge in [0.15, 0.2) is 11.6 Å². The number of benzene rings is 1. The van der Waals surface area contributed by atoms with Crippen LogP contribution < -0.4 is 5.73 Å². The van der Waals surface area contributed by atoms with Gasteiger partial charge >= 0.3 is 0 Å². The first-order chi connectivity index (χ1) is 9.56. The fourth-order valence-electron chi connectivity index (χ4n) is 3.14. The molecule has 112 valence electrons. The Hall–Kier alpha value is -1.07. The highest BCUT2D eigenvalue weighted by atomic mass is 19.2. The molecule has 0 bridgehead atoms. The van der Waals surface area contributed by atoms with Crippen molar-refractivity contribution in [2.24, 2.45) is 11.7 Å². The zero-order chi connectivity index (χ0) is 14.7. The molecule has 0 radical (unpaired) electrons. The van der Waals surface area contributed by atoms with Crippen LogP contribution in [0.25, 0.3) is 0 Å². The van der Waals surface area contributed by atoms with Gasteiger partial charge in [-0.3, -0.25) is 4.90 Å². The Morgan fingerprint density at radius 2 is 1.85 bits per heavy atom. The average Bonchev–Trinajstić information content (AvgIpc) is 2.89. The van der Waals surface area contributed by atoms with Crippen molar-refractivity contribution in [1.29, 1.82) is 0 Å². The van der Waals surface area contributed by atoms with Crippen LogP contribution >= 0.6 is 0 Å². The van der Waals surface area contributed by atoms with Crippen molar-refractivity contribution in [2.75, 3.05) is 13.1 Å². The van der Waals surface area contributed by atoms with Crippen molar-refractivity contribution >= 4 is 0 Å². The van der Waals surface area contributed by atoms with Gasteiger partial charge in [-0.2, -0.15) is 0 Å². The standard InChI is InChI=1S/C15H21F3N2/c1-2-20(15-5-3-4-10(15)8-19)9-11-6-13(17)14(18)7-12(11)16/h6-7,10,15H,2-5,8-9,19H2,1H3. The lowest BCUT2D eigenvalue weighted by Gasteiger charge is -2.32. The lowest BCUT2D eigenvalue weighted by molar-refractivity contribution is 0.160. The van der Waals surface area contributed by atoms with E-state index in [2.05, 4.69) is 4.90 Å².